The smallest absolute Gasteiger partial charge is 0.243 e. The van der Waals surface area contributed by atoms with Crippen molar-refractivity contribution in [1.29, 1.82) is 0 Å². The van der Waals surface area contributed by atoms with Gasteiger partial charge in [0.2, 0.25) is 5.91 Å². The van der Waals surface area contributed by atoms with Gasteiger partial charge in [-0.25, -0.2) is 4.98 Å². The molecule has 0 saturated heterocycles. The molecule has 0 aliphatic rings. The summed E-state index contributed by atoms with van der Waals surface area (Å²) in [6.07, 6.45) is 1.69. The van der Waals surface area contributed by atoms with Crippen LogP contribution in [0.1, 0.15) is 19.4 Å². The second-order valence-electron chi connectivity index (χ2n) is 4.52. The van der Waals surface area contributed by atoms with Crippen LogP contribution in [0, 0.1) is 11.7 Å². The van der Waals surface area contributed by atoms with Crippen molar-refractivity contribution in [2.75, 3.05) is 0 Å². The molecule has 0 aliphatic heterocycles. The van der Waals surface area contributed by atoms with Gasteiger partial charge in [-0.15, -0.1) is 0 Å². The molecule has 2 aromatic heterocycles. The number of fused-ring (bicyclic) bond motifs is 1. The number of aryl methyl sites for hydroxylation is 1. The summed E-state index contributed by atoms with van der Waals surface area (Å²) >= 11 is 5.24. The molecule has 2 heterocycles. The molecule has 0 fully saturated rings. The molecule has 5 nitrogen and oxygen atoms in total. The molecular weight excluding hydrogens is 236 g/mol. The van der Waals surface area contributed by atoms with Crippen LogP contribution in [-0.2, 0) is 10.3 Å². The maximum atomic E-state index is 11.5. The molecule has 0 unspecified atom stereocenters. The lowest BCUT2D eigenvalue weighted by Crippen LogP contribution is -2.41. The molecule has 0 radical (unpaired) electrons. The first-order valence-corrected chi connectivity index (χ1v) is 5.63. The van der Waals surface area contributed by atoms with Gasteiger partial charge in [0.05, 0.1) is 5.52 Å². The van der Waals surface area contributed by atoms with E-state index in [0.29, 0.717) is 10.4 Å². The Morgan fingerprint density at radius 1 is 1.59 bits per heavy atom. The fourth-order valence-electron chi connectivity index (χ4n) is 1.76. The zero-order chi connectivity index (χ0) is 12.8. The van der Waals surface area contributed by atoms with E-state index in [0.717, 1.165) is 11.1 Å². The van der Waals surface area contributed by atoms with E-state index in [1.165, 1.54) is 0 Å². The van der Waals surface area contributed by atoms with Crippen molar-refractivity contribution in [3.63, 3.8) is 0 Å². The summed E-state index contributed by atoms with van der Waals surface area (Å²) in [6.45, 7) is 5.40. The van der Waals surface area contributed by atoms with Crippen LogP contribution in [0.25, 0.3) is 11.2 Å². The summed E-state index contributed by atoms with van der Waals surface area (Å²) in [7, 11) is 0. The van der Waals surface area contributed by atoms with Crippen LogP contribution >= 0.6 is 12.2 Å². The molecule has 0 atom stereocenters. The van der Waals surface area contributed by atoms with Crippen molar-refractivity contribution in [1.82, 2.24) is 14.5 Å². The zero-order valence-corrected chi connectivity index (χ0v) is 10.8. The molecule has 3 N–H and O–H groups in total. The number of nitrogens with two attached hydrogens (primary N) is 1. The zero-order valence-electron chi connectivity index (χ0n) is 9.94. The van der Waals surface area contributed by atoms with Gasteiger partial charge in [-0.2, -0.15) is 0 Å². The summed E-state index contributed by atoms with van der Waals surface area (Å²) in [5, 5.41) is 0. The number of carbonyl (C=O) groups is 1. The van der Waals surface area contributed by atoms with Gasteiger partial charge in [-0.3, -0.25) is 9.36 Å². The SMILES string of the molecule is Cc1ccnc2c1[nH]c(=S)n2C(C)(C)C(N)=O. The number of pyridine rings is 1. The van der Waals surface area contributed by atoms with Gasteiger partial charge in [0.15, 0.2) is 10.4 Å². The Hall–Kier alpha value is -1.69. The van der Waals surface area contributed by atoms with Gasteiger partial charge in [0, 0.05) is 6.20 Å². The number of nitrogens with one attached hydrogen (secondary N) is 1. The molecule has 0 spiro atoms. The molecule has 1 amide bonds. The molecule has 0 aliphatic carbocycles. The Kier molecular flexibility index (Phi) is 2.54. The maximum absolute atomic E-state index is 11.5. The van der Waals surface area contributed by atoms with Gasteiger partial charge < -0.3 is 10.7 Å². The summed E-state index contributed by atoms with van der Waals surface area (Å²) in [6, 6.07) is 1.88. The number of amides is 1. The topological polar surface area (TPSA) is 76.7 Å². The molecule has 2 aromatic rings. The average molecular weight is 250 g/mol. The normalized spacial score (nSPS) is 11.9. The van der Waals surface area contributed by atoms with Gasteiger partial charge in [-0.05, 0) is 44.6 Å². The maximum Gasteiger partial charge on any atom is 0.243 e. The van der Waals surface area contributed by atoms with E-state index >= 15 is 0 Å². The number of H-pyrrole nitrogens is 1. The van der Waals surface area contributed by atoms with E-state index in [2.05, 4.69) is 9.97 Å². The quantitative estimate of drug-likeness (QED) is 0.795. The highest BCUT2D eigenvalue weighted by Crippen LogP contribution is 2.23. The third-order valence-electron chi connectivity index (χ3n) is 2.95. The molecule has 90 valence electrons. The molecule has 0 bridgehead atoms. The summed E-state index contributed by atoms with van der Waals surface area (Å²) in [5.74, 6) is -0.446. The lowest BCUT2D eigenvalue weighted by molar-refractivity contribution is -0.124. The minimum absolute atomic E-state index is 0.446. The number of hydrogen-bond acceptors (Lipinski definition) is 3. The standard InChI is InChI=1S/C11H14N4OS/c1-6-4-5-13-8-7(6)14-10(17)15(8)11(2,3)9(12)16/h4-5H,1-3H3,(H2,12,16)(H,14,17). The van der Waals surface area contributed by atoms with E-state index in [1.807, 2.05) is 13.0 Å². The Balaban J connectivity index is 2.88. The average Bonchev–Trinajstić information content (AvgIpc) is 2.56. The summed E-state index contributed by atoms with van der Waals surface area (Å²) < 4.78 is 2.11. The third-order valence-corrected chi connectivity index (χ3v) is 3.23. The van der Waals surface area contributed by atoms with E-state index in [-0.39, 0.29) is 0 Å². The van der Waals surface area contributed by atoms with Gasteiger partial charge in [0.1, 0.15) is 5.54 Å². The van der Waals surface area contributed by atoms with Crippen molar-refractivity contribution < 1.29 is 4.79 Å². The van der Waals surface area contributed by atoms with Crippen LogP contribution in [0.5, 0.6) is 0 Å². The predicted octanol–water partition coefficient (Wildman–Crippen LogP) is 1.62. The second kappa shape index (κ2) is 3.66. The Morgan fingerprint density at radius 2 is 2.24 bits per heavy atom. The third kappa shape index (κ3) is 1.64. The summed E-state index contributed by atoms with van der Waals surface area (Å²) in [4.78, 5) is 18.8. The number of hydrogen-bond donors (Lipinski definition) is 2. The Morgan fingerprint density at radius 3 is 2.82 bits per heavy atom. The number of carbonyl (C=O) groups excluding carboxylic acids is 1. The van der Waals surface area contributed by atoms with Crippen molar-refractivity contribution >= 4 is 29.3 Å². The molecular formula is C11H14N4OS. The first kappa shape index (κ1) is 11.8. The van der Waals surface area contributed by atoms with Gasteiger partial charge >= 0.3 is 0 Å². The van der Waals surface area contributed by atoms with Crippen molar-refractivity contribution in [2.24, 2.45) is 5.73 Å². The lowest BCUT2D eigenvalue weighted by Gasteiger charge is -2.22. The Labute approximate surface area is 104 Å². The molecule has 0 aromatic carbocycles. The highest BCUT2D eigenvalue weighted by Gasteiger charge is 2.30. The first-order valence-electron chi connectivity index (χ1n) is 5.22. The second-order valence-corrected chi connectivity index (χ2v) is 4.90. The van der Waals surface area contributed by atoms with Crippen LogP contribution in [-0.4, -0.2) is 20.4 Å². The van der Waals surface area contributed by atoms with Crippen LogP contribution < -0.4 is 5.73 Å². The lowest BCUT2D eigenvalue weighted by atomic mass is 10.1. The highest BCUT2D eigenvalue weighted by molar-refractivity contribution is 7.71. The monoisotopic (exact) mass is 250 g/mol. The molecule has 2 rings (SSSR count). The van der Waals surface area contributed by atoms with Crippen LogP contribution in [0.3, 0.4) is 0 Å². The van der Waals surface area contributed by atoms with Gasteiger partial charge in [0.25, 0.3) is 0 Å². The Bertz CT molecular complexity index is 653. The number of aromatic amines is 1. The van der Waals surface area contributed by atoms with Crippen LogP contribution in [0.15, 0.2) is 12.3 Å². The highest BCUT2D eigenvalue weighted by atomic mass is 32.1. The number of aromatic nitrogens is 3. The fraction of sp³-hybridized carbons (Fsp3) is 0.364. The van der Waals surface area contributed by atoms with Crippen LogP contribution in [0.2, 0.25) is 0 Å². The predicted molar refractivity (Wildman–Crippen MR) is 68.2 cm³/mol. The molecule has 6 heteroatoms. The number of primary amides is 1. The largest absolute Gasteiger partial charge is 0.368 e. The van der Waals surface area contributed by atoms with Crippen molar-refractivity contribution in [2.45, 2.75) is 26.3 Å². The molecule has 0 saturated carbocycles. The number of nitrogens with zero attached hydrogens (tertiary/aromatic N) is 2. The van der Waals surface area contributed by atoms with Crippen molar-refractivity contribution in [3.8, 4) is 0 Å². The number of rotatable bonds is 2. The fourth-order valence-corrected chi connectivity index (χ4v) is 2.17. The summed E-state index contributed by atoms with van der Waals surface area (Å²) in [5.41, 5.74) is 7.02. The number of imidazole rings is 1. The van der Waals surface area contributed by atoms with Crippen molar-refractivity contribution in [3.05, 3.63) is 22.6 Å². The minimum Gasteiger partial charge on any atom is -0.368 e. The van der Waals surface area contributed by atoms with E-state index in [1.54, 1.807) is 24.6 Å². The molecule has 17 heavy (non-hydrogen) atoms. The minimum atomic E-state index is -0.907. The van der Waals surface area contributed by atoms with Gasteiger partial charge in [-0.1, -0.05) is 0 Å². The van der Waals surface area contributed by atoms with Crippen LogP contribution in [0.4, 0.5) is 0 Å². The van der Waals surface area contributed by atoms with E-state index in [4.69, 9.17) is 18.0 Å². The van der Waals surface area contributed by atoms with E-state index in [9.17, 15) is 4.79 Å². The van der Waals surface area contributed by atoms with E-state index < -0.39 is 11.4 Å². The first-order chi connectivity index (χ1) is 7.85.